The predicted molar refractivity (Wildman–Crippen MR) is 76.6 cm³/mol. The van der Waals surface area contributed by atoms with Crippen LogP contribution in [0.15, 0.2) is 23.1 Å². The Bertz CT molecular complexity index is 650. The lowest BCUT2D eigenvalue weighted by Gasteiger charge is -2.09. The van der Waals surface area contributed by atoms with Gasteiger partial charge in [0.1, 0.15) is 4.90 Å². The van der Waals surface area contributed by atoms with Gasteiger partial charge in [-0.15, -0.1) is 0 Å². The van der Waals surface area contributed by atoms with Crippen molar-refractivity contribution in [1.82, 2.24) is 4.72 Å². The first-order valence-corrected chi connectivity index (χ1v) is 7.84. The molecule has 0 fully saturated rings. The maximum Gasteiger partial charge on any atom is 0.305 e. The van der Waals surface area contributed by atoms with Crippen LogP contribution in [0.5, 0.6) is 0 Å². The summed E-state index contributed by atoms with van der Waals surface area (Å²) in [6, 6.07) is 5.83. The van der Waals surface area contributed by atoms with Gasteiger partial charge < -0.3 is 10.5 Å². The molecule has 114 valence electrons. The van der Waals surface area contributed by atoms with Crippen LogP contribution in [-0.2, 0) is 19.6 Å². The molecule has 0 heterocycles. The van der Waals surface area contributed by atoms with Crippen LogP contribution < -0.4 is 10.5 Å². The minimum atomic E-state index is -3.76. The normalized spacial score (nSPS) is 10.9. The highest BCUT2D eigenvalue weighted by Gasteiger charge is 2.17. The second-order valence-electron chi connectivity index (χ2n) is 4.17. The van der Waals surface area contributed by atoms with Gasteiger partial charge in [-0.25, -0.2) is 13.1 Å². The van der Waals surface area contributed by atoms with Crippen LogP contribution in [0.2, 0.25) is 0 Å². The average Bonchev–Trinajstić information content (AvgIpc) is 2.43. The first-order chi connectivity index (χ1) is 9.90. The summed E-state index contributed by atoms with van der Waals surface area (Å²) in [5, 5.41) is 8.71. The molecule has 0 unspecified atom stereocenters. The molecule has 21 heavy (non-hydrogen) atoms. The number of nitrogens with zero attached hydrogens (tertiary/aromatic N) is 1. The van der Waals surface area contributed by atoms with Crippen molar-refractivity contribution in [2.45, 2.75) is 24.7 Å². The zero-order valence-electron chi connectivity index (χ0n) is 11.6. The number of sulfonamides is 1. The molecule has 0 aliphatic heterocycles. The number of nitrogen functional groups attached to an aromatic ring is 1. The van der Waals surface area contributed by atoms with Crippen LogP contribution in [0.25, 0.3) is 0 Å². The Morgan fingerprint density at radius 2 is 2.19 bits per heavy atom. The van der Waals surface area contributed by atoms with E-state index in [1.807, 2.05) is 6.07 Å². The van der Waals surface area contributed by atoms with Gasteiger partial charge >= 0.3 is 5.97 Å². The standard InChI is InChI=1S/C13H17N3O4S/c1-2-20-13(17)4-3-7-16-21(18,19)12-6-5-10(9-14)8-11(12)15/h5-6,8,16H,2-4,7,15H2,1H3. The Kier molecular flexibility index (Phi) is 6.14. The van der Waals surface area contributed by atoms with Crippen molar-refractivity contribution in [3.63, 3.8) is 0 Å². The first kappa shape index (κ1) is 16.9. The fourth-order valence-corrected chi connectivity index (χ4v) is 2.80. The SMILES string of the molecule is CCOC(=O)CCCNS(=O)(=O)c1ccc(C#N)cc1N. The van der Waals surface area contributed by atoms with Crippen molar-refractivity contribution in [2.75, 3.05) is 18.9 Å². The smallest absolute Gasteiger partial charge is 0.305 e. The van der Waals surface area contributed by atoms with Crippen molar-refractivity contribution in [3.8, 4) is 6.07 Å². The molecule has 0 amide bonds. The summed E-state index contributed by atoms with van der Waals surface area (Å²) in [6.07, 6.45) is 0.466. The first-order valence-electron chi connectivity index (χ1n) is 6.35. The third-order valence-corrected chi connectivity index (χ3v) is 4.12. The third kappa shape index (κ3) is 5.06. The largest absolute Gasteiger partial charge is 0.466 e. The second kappa shape index (κ2) is 7.61. The number of ether oxygens (including phenoxy) is 1. The van der Waals surface area contributed by atoms with Gasteiger partial charge in [-0.1, -0.05) is 0 Å². The van der Waals surface area contributed by atoms with E-state index in [1.54, 1.807) is 6.92 Å². The number of carbonyl (C=O) groups excluding carboxylic acids is 1. The summed E-state index contributed by atoms with van der Waals surface area (Å²) in [5.41, 5.74) is 5.92. The van der Waals surface area contributed by atoms with E-state index >= 15 is 0 Å². The molecule has 0 aromatic heterocycles. The highest BCUT2D eigenvalue weighted by molar-refractivity contribution is 7.89. The van der Waals surface area contributed by atoms with Crippen LogP contribution >= 0.6 is 0 Å². The van der Waals surface area contributed by atoms with E-state index in [2.05, 4.69) is 4.72 Å². The number of nitrogens with one attached hydrogen (secondary N) is 1. The van der Waals surface area contributed by atoms with E-state index < -0.39 is 10.0 Å². The summed E-state index contributed by atoms with van der Waals surface area (Å²) in [7, 11) is -3.76. The number of nitriles is 1. The number of esters is 1. The Balaban J connectivity index is 2.62. The van der Waals surface area contributed by atoms with Gasteiger partial charge in [0.2, 0.25) is 10.0 Å². The van der Waals surface area contributed by atoms with E-state index in [-0.39, 0.29) is 35.1 Å². The van der Waals surface area contributed by atoms with Crippen LogP contribution in [0.1, 0.15) is 25.3 Å². The van der Waals surface area contributed by atoms with Gasteiger partial charge in [0.15, 0.2) is 0 Å². The fourth-order valence-electron chi connectivity index (χ4n) is 1.61. The van der Waals surface area contributed by atoms with Crippen LogP contribution in [0.3, 0.4) is 0 Å². The predicted octanol–water partition coefficient (Wildman–Crippen LogP) is 0.762. The molecular formula is C13H17N3O4S. The summed E-state index contributed by atoms with van der Waals surface area (Å²) in [4.78, 5) is 11.0. The van der Waals surface area contributed by atoms with Gasteiger partial charge in [0.05, 0.1) is 23.9 Å². The summed E-state index contributed by atoms with van der Waals surface area (Å²) in [5.74, 6) is -0.366. The van der Waals surface area contributed by atoms with Crippen molar-refractivity contribution in [1.29, 1.82) is 5.26 Å². The Morgan fingerprint density at radius 3 is 2.76 bits per heavy atom. The molecule has 0 spiro atoms. The van der Waals surface area contributed by atoms with Crippen molar-refractivity contribution in [3.05, 3.63) is 23.8 Å². The monoisotopic (exact) mass is 311 g/mol. The van der Waals surface area contributed by atoms with E-state index in [1.165, 1.54) is 18.2 Å². The number of hydrogen-bond acceptors (Lipinski definition) is 6. The molecule has 0 aliphatic carbocycles. The Morgan fingerprint density at radius 1 is 1.48 bits per heavy atom. The molecule has 1 aromatic carbocycles. The lowest BCUT2D eigenvalue weighted by molar-refractivity contribution is -0.143. The average molecular weight is 311 g/mol. The molecule has 7 nitrogen and oxygen atoms in total. The molecule has 0 radical (unpaired) electrons. The maximum absolute atomic E-state index is 12.0. The molecule has 0 saturated carbocycles. The Labute approximate surface area is 123 Å². The quantitative estimate of drug-likeness (QED) is 0.435. The van der Waals surface area contributed by atoms with Crippen molar-refractivity contribution >= 4 is 21.7 Å². The highest BCUT2D eigenvalue weighted by Crippen LogP contribution is 2.19. The minimum absolute atomic E-state index is 0.00643. The molecule has 0 aliphatic rings. The van der Waals surface area contributed by atoms with Crippen molar-refractivity contribution < 1.29 is 17.9 Å². The van der Waals surface area contributed by atoms with Gasteiger partial charge in [0.25, 0.3) is 0 Å². The zero-order valence-corrected chi connectivity index (χ0v) is 12.4. The molecule has 1 rings (SSSR count). The second-order valence-corrected chi connectivity index (χ2v) is 5.91. The molecule has 0 bridgehead atoms. The summed E-state index contributed by atoms with van der Waals surface area (Å²) < 4.78 is 31.2. The maximum atomic E-state index is 12.0. The lowest BCUT2D eigenvalue weighted by atomic mass is 10.2. The molecule has 3 N–H and O–H groups in total. The molecule has 1 aromatic rings. The fraction of sp³-hybridized carbons (Fsp3) is 0.385. The van der Waals surface area contributed by atoms with Gasteiger partial charge in [-0.2, -0.15) is 5.26 Å². The summed E-state index contributed by atoms with van der Waals surface area (Å²) in [6.45, 7) is 2.10. The minimum Gasteiger partial charge on any atom is -0.466 e. The van der Waals surface area contributed by atoms with Crippen molar-refractivity contribution in [2.24, 2.45) is 0 Å². The third-order valence-electron chi connectivity index (χ3n) is 2.58. The Hall–Kier alpha value is -2.11. The number of rotatable bonds is 7. The lowest BCUT2D eigenvalue weighted by Crippen LogP contribution is -2.26. The number of hydrogen-bond donors (Lipinski definition) is 2. The van der Waals surface area contributed by atoms with Gasteiger partial charge in [0, 0.05) is 13.0 Å². The van der Waals surface area contributed by atoms with Gasteiger partial charge in [-0.3, -0.25) is 4.79 Å². The highest BCUT2D eigenvalue weighted by atomic mass is 32.2. The molecule has 8 heteroatoms. The number of benzene rings is 1. The number of nitrogens with two attached hydrogens (primary N) is 1. The summed E-state index contributed by atoms with van der Waals surface area (Å²) >= 11 is 0. The van der Waals surface area contributed by atoms with Crippen LogP contribution in [-0.4, -0.2) is 27.5 Å². The van der Waals surface area contributed by atoms with Gasteiger partial charge in [-0.05, 0) is 31.5 Å². The molecular weight excluding hydrogens is 294 g/mol. The van der Waals surface area contributed by atoms with Crippen LogP contribution in [0.4, 0.5) is 5.69 Å². The zero-order chi connectivity index (χ0) is 15.9. The van der Waals surface area contributed by atoms with E-state index in [4.69, 9.17) is 15.7 Å². The van der Waals surface area contributed by atoms with E-state index in [0.29, 0.717) is 13.0 Å². The topological polar surface area (TPSA) is 122 Å². The molecule has 0 atom stereocenters. The molecule has 0 saturated heterocycles. The number of anilines is 1. The van der Waals surface area contributed by atoms with E-state index in [9.17, 15) is 13.2 Å². The van der Waals surface area contributed by atoms with Crippen LogP contribution in [0, 0.1) is 11.3 Å². The number of carbonyl (C=O) groups is 1. The van der Waals surface area contributed by atoms with E-state index in [0.717, 1.165) is 0 Å².